The zero-order valence-electron chi connectivity index (χ0n) is 22.2. The lowest BCUT2D eigenvalue weighted by molar-refractivity contribution is -0.132. The fourth-order valence-corrected chi connectivity index (χ4v) is 4.89. The van der Waals surface area contributed by atoms with Crippen molar-refractivity contribution < 1.29 is 14.3 Å². The monoisotopic (exact) mass is 529 g/mol. The van der Waals surface area contributed by atoms with Crippen LogP contribution >= 0.6 is 0 Å². The fraction of sp³-hybridized carbons (Fsp3) is 0.379. The molecule has 3 aromatic rings. The van der Waals surface area contributed by atoms with E-state index < -0.39 is 0 Å². The van der Waals surface area contributed by atoms with Gasteiger partial charge < -0.3 is 30.5 Å². The van der Waals surface area contributed by atoms with Gasteiger partial charge in [-0.05, 0) is 61.9 Å². The number of rotatable bonds is 9. The second-order valence-electron chi connectivity index (χ2n) is 9.76. The third kappa shape index (κ3) is 6.90. The van der Waals surface area contributed by atoms with Crippen LogP contribution in [0.5, 0.6) is 0 Å². The Balaban J connectivity index is 1.15. The first-order valence-electron chi connectivity index (χ1n) is 13.5. The van der Waals surface area contributed by atoms with Crippen LogP contribution in [-0.2, 0) is 14.3 Å². The van der Waals surface area contributed by atoms with Crippen LogP contribution < -0.4 is 20.9 Å². The molecule has 3 N–H and O–H groups in total. The molecular formula is C29H35N7O3. The highest BCUT2D eigenvalue weighted by molar-refractivity contribution is 5.95. The van der Waals surface area contributed by atoms with E-state index in [-0.39, 0.29) is 17.9 Å². The smallest absolute Gasteiger partial charge is 0.241 e. The van der Waals surface area contributed by atoms with Gasteiger partial charge in [0.25, 0.3) is 0 Å². The average molecular weight is 530 g/mol. The lowest BCUT2D eigenvalue weighted by Crippen LogP contribution is -2.49. The van der Waals surface area contributed by atoms with Crippen LogP contribution in [0.15, 0.2) is 60.8 Å². The van der Waals surface area contributed by atoms with Crippen molar-refractivity contribution in [3.63, 3.8) is 0 Å². The van der Waals surface area contributed by atoms with E-state index in [0.29, 0.717) is 32.1 Å². The van der Waals surface area contributed by atoms with Crippen molar-refractivity contribution in [2.45, 2.75) is 25.3 Å². The summed E-state index contributed by atoms with van der Waals surface area (Å²) in [5.41, 5.74) is 4.51. The minimum absolute atomic E-state index is 0.00935. The zero-order valence-corrected chi connectivity index (χ0v) is 22.2. The Morgan fingerprint density at radius 1 is 1.00 bits per heavy atom. The summed E-state index contributed by atoms with van der Waals surface area (Å²) in [6.07, 6.45) is 4.07. The summed E-state index contributed by atoms with van der Waals surface area (Å²) in [6, 6.07) is 17.6. The Morgan fingerprint density at radius 3 is 2.44 bits per heavy atom. The number of piperazine rings is 1. The molecule has 0 bridgehead atoms. The van der Waals surface area contributed by atoms with E-state index in [9.17, 15) is 9.59 Å². The molecular weight excluding hydrogens is 494 g/mol. The molecule has 3 heterocycles. The molecule has 0 aliphatic carbocycles. The zero-order chi connectivity index (χ0) is 27.0. The molecule has 204 valence electrons. The molecule has 2 aliphatic rings. The molecule has 5 rings (SSSR count). The van der Waals surface area contributed by atoms with Gasteiger partial charge in [0.2, 0.25) is 17.8 Å². The summed E-state index contributed by atoms with van der Waals surface area (Å²) >= 11 is 0. The number of hydrogen-bond acceptors (Lipinski definition) is 8. The van der Waals surface area contributed by atoms with E-state index in [1.165, 1.54) is 0 Å². The fourth-order valence-electron chi connectivity index (χ4n) is 4.89. The number of carbonyl (C=O) groups excluding carboxylic acids is 2. The van der Waals surface area contributed by atoms with Crippen LogP contribution in [0.3, 0.4) is 0 Å². The molecule has 0 saturated carbocycles. The van der Waals surface area contributed by atoms with Crippen molar-refractivity contribution in [3.8, 4) is 11.3 Å². The number of nitrogens with one attached hydrogen (secondary N) is 3. The SMILES string of the molecule is COCCC(=O)N1CCN(c2ccc(Nc3nccc(-c4ccc(NC(=O)[C@@H]5CCCN5)cc4)n3)cc2)CC1. The third-order valence-electron chi connectivity index (χ3n) is 7.12. The van der Waals surface area contributed by atoms with E-state index in [2.05, 4.69) is 43.0 Å². The van der Waals surface area contributed by atoms with Crippen molar-refractivity contribution in [3.05, 3.63) is 60.8 Å². The molecule has 2 fully saturated rings. The number of hydrogen-bond donors (Lipinski definition) is 3. The van der Waals surface area contributed by atoms with E-state index in [1.54, 1.807) is 13.3 Å². The van der Waals surface area contributed by atoms with Gasteiger partial charge in [0.1, 0.15) is 0 Å². The van der Waals surface area contributed by atoms with Crippen molar-refractivity contribution >= 4 is 34.8 Å². The molecule has 2 aromatic carbocycles. The molecule has 2 amide bonds. The lowest BCUT2D eigenvalue weighted by atomic mass is 10.1. The number of nitrogens with zero attached hydrogens (tertiary/aromatic N) is 4. The van der Waals surface area contributed by atoms with Crippen LogP contribution in [0.2, 0.25) is 0 Å². The second-order valence-corrected chi connectivity index (χ2v) is 9.76. The summed E-state index contributed by atoms with van der Waals surface area (Å²) < 4.78 is 5.02. The van der Waals surface area contributed by atoms with Gasteiger partial charge in [-0.1, -0.05) is 12.1 Å². The number of aromatic nitrogens is 2. The van der Waals surface area contributed by atoms with E-state index in [1.807, 2.05) is 47.4 Å². The first kappa shape index (κ1) is 26.6. The third-order valence-corrected chi connectivity index (χ3v) is 7.12. The van der Waals surface area contributed by atoms with Crippen molar-refractivity contribution in [2.24, 2.45) is 0 Å². The van der Waals surface area contributed by atoms with Gasteiger partial charge in [-0.3, -0.25) is 9.59 Å². The first-order valence-corrected chi connectivity index (χ1v) is 13.5. The average Bonchev–Trinajstić information content (AvgIpc) is 3.53. The quantitative estimate of drug-likeness (QED) is 0.387. The highest BCUT2D eigenvalue weighted by Crippen LogP contribution is 2.24. The highest BCUT2D eigenvalue weighted by Gasteiger charge is 2.22. The minimum atomic E-state index is -0.110. The second kappa shape index (κ2) is 12.7. The summed E-state index contributed by atoms with van der Waals surface area (Å²) in [7, 11) is 1.62. The van der Waals surface area contributed by atoms with Gasteiger partial charge in [0.05, 0.1) is 24.8 Å². The number of carbonyl (C=O) groups is 2. The van der Waals surface area contributed by atoms with Crippen LogP contribution in [0.1, 0.15) is 19.3 Å². The van der Waals surface area contributed by atoms with Gasteiger partial charge in [-0.2, -0.15) is 0 Å². The normalized spacial score (nSPS) is 17.2. The molecule has 2 aliphatic heterocycles. The molecule has 0 radical (unpaired) electrons. The van der Waals surface area contributed by atoms with Crippen LogP contribution in [0.25, 0.3) is 11.3 Å². The number of methoxy groups -OCH3 is 1. The van der Waals surface area contributed by atoms with Crippen molar-refractivity contribution in [2.75, 3.05) is 62.0 Å². The molecule has 1 atom stereocenters. The first-order chi connectivity index (χ1) is 19.1. The largest absolute Gasteiger partial charge is 0.384 e. The maximum atomic E-state index is 12.3. The topological polar surface area (TPSA) is 112 Å². The van der Waals surface area contributed by atoms with Crippen molar-refractivity contribution in [1.29, 1.82) is 0 Å². The van der Waals surface area contributed by atoms with Crippen molar-refractivity contribution in [1.82, 2.24) is 20.2 Å². The van der Waals surface area contributed by atoms with E-state index >= 15 is 0 Å². The van der Waals surface area contributed by atoms with Gasteiger partial charge in [0.15, 0.2) is 0 Å². The van der Waals surface area contributed by atoms with Crippen LogP contribution in [-0.4, -0.2) is 79.2 Å². The summed E-state index contributed by atoms with van der Waals surface area (Å²) in [5, 5.41) is 9.48. The highest BCUT2D eigenvalue weighted by atomic mass is 16.5. The number of amides is 2. The Bertz CT molecular complexity index is 1250. The Labute approximate surface area is 228 Å². The number of anilines is 4. The standard InChI is InChI=1S/C29H35N7O3/c1-39-20-13-27(37)36-18-16-35(17-19-36)24-10-8-23(9-11-24)33-29-31-15-12-25(34-29)21-4-6-22(7-5-21)32-28(38)26-3-2-14-30-26/h4-12,15,26,30H,2-3,13-14,16-20H2,1H3,(H,32,38)(H,31,33,34)/t26-/m0/s1. The molecule has 39 heavy (non-hydrogen) atoms. The Hall–Kier alpha value is -4.02. The Morgan fingerprint density at radius 2 is 1.74 bits per heavy atom. The van der Waals surface area contributed by atoms with E-state index in [4.69, 9.17) is 4.74 Å². The predicted molar refractivity (Wildman–Crippen MR) is 152 cm³/mol. The molecule has 0 spiro atoms. The summed E-state index contributed by atoms with van der Waals surface area (Å²) in [6.45, 7) is 4.39. The van der Waals surface area contributed by atoms with Gasteiger partial charge >= 0.3 is 0 Å². The van der Waals surface area contributed by atoms with Crippen LogP contribution in [0, 0.1) is 0 Å². The molecule has 0 unspecified atom stereocenters. The lowest BCUT2D eigenvalue weighted by Gasteiger charge is -2.36. The summed E-state index contributed by atoms with van der Waals surface area (Å²) in [5.74, 6) is 0.668. The van der Waals surface area contributed by atoms with Crippen LogP contribution in [0.4, 0.5) is 23.0 Å². The summed E-state index contributed by atoms with van der Waals surface area (Å²) in [4.78, 5) is 37.8. The molecule has 10 heteroatoms. The molecule has 1 aromatic heterocycles. The maximum Gasteiger partial charge on any atom is 0.241 e. The molecule has 10 nitrogen and oxygen atoms in total. The predicted octanol–water partition coefficient (Wildman–Crippen LogP) is 3.26. The molecule has 2 saturated heterocycles. The Kier molecular flexibility index (Phi) is 8.65. The van der Waals surface area contributed by atoms with Gasteiger partial charge in [-0.25, -0.2) is 9.97 Å². The maximum absolute atomic E-state index is 12.3. The number of ether oxygens (including phenoxy) is 1. The van der Waals surface area contributed by atoms with Gasteiger partial charge in [0, 0.05) is 62.1 Å². The minimum Gasteiger partial charge on any atom is -0.384 e. The number of benzene rings is 2. The van der Waals surface area contributed by atoms with Gasteiger partial charge in [-0.15, -0.1) is 0 Å². The van der Waals surface area contributed by atoms with E-state index in [0.717, 1.165) is 60.8 Å².